The first-order chi connectivity index (χ1) is 20.7. The van der Waals surface area contributed by atoms with E-state index in [-0.39, 0.29) is 17.1 Å². The highest BCUT2D eigenvalue weighted by Crippen LogP contribution is 2.31. The molecule has 1 unspecified atom stereocenters. The Morgan fingerprint density at radius 2 is 1.84 bits per heavy atom. The van der Waals surface area contributed by atoms with Gasteiger partial charge in [0.05, 0.1) is 5.39 Å². The van der Waals surface area contributed by atoms with Crippen LogP contribution >= 0.6 is 0 Å². The smallest absolute Gasteiger partial charge is 0.200 e. The van der Waals surface area contributed by atoms with Gasteiger partial charge in [-0.2, -0.15) is 0 Å². The molecule has 43 heavy (non-hydrogen) atoms. The fraction of sp³-hybridized carbons (Fsp3) is 0.361. The molecular formula is C36H44N4O3. The predicted octanol–water partition coefficient (Wildman–Crippen LogP) is 7.50. The van der Waals surface area contributed by atoms with Crippen LogP contribution in [0.4, 0.5) is 11.6 Å². The van der Waals surface area contributed by atoms with Gasteiger partial charge in [0.2, 0.25) is 0 Å². The van der Waals surface area contributed by atoms with E-state index in [1.807, 2.05) is 95.3 Å². The second-order valence-electron chi connectivity index (χ2n) is 11.0. The summed E-state index contributed by atoms with van der Waals surface area (Å²) in [5.41, 5.74) is 5.79. The molecule has 4 rings (SSSR count). The van der Waals surface area contributed by atoms with Crippen LogP contribution in [0.25, 0.3) is 22.1 Å². The molecule has 1 atom stereocenters. The number of nitrogens with one attached hydrogen (secondary N) is 2. The molecule has 0 amide bonds. The Bertz CT molecular complexity index is 1620. The van der Waals surface area contributed by atoms with Crippen LogP contribution < -0.4 is 21.0 Å². The van der Waals surface area contributed by atoms with Crippen LogP contribution in [-0.2, 0) is 4.79 Å². The number of carbonyl (C=O) groups is 1. The minimum atomic E-state index is -0.0349. The van der Waals surface area contributed by atoms with Crippen LogP contribution in [0.15, 0.2) is 97.9 Å². The fourth-order valence-corrected chi connectivity index (χ4v) is 5.15. The maximum Gasteiger partial charge on any atom is 0.200 e. The van der Waals surface area contributed by atoms with Gasteiger partial charge in [-0.1, -0.05) is 51.1 Å². The average Bonchev–Trinajstić information content (AvgIpc) is 3.03. The van der Waals surface area contributed by atoms with Crippen molar-refractivity contribution in [3.63, 3.8) is 0 Å². The number of benzene rings is 2. The van der Waals surface area contributed by atoms with Gasteiger partial charge < -0.3 is 20.0 Å². The number of hydrogen-bond donors (Lipinski definition) is 2. The van der Waals surface area contributed by atoms with Gasteiger partial charge in [0, 0.05) is 55.1 Å². The molecule has 0 aliphatic carbocycles. The summed E-state index contributed by atoms with van der Waals surface area (Å²) in [6, 6.07) is 15.4. The summed E-state index contributed by atoms with van der Waals surface area (Å²) >= 11 is 0. The first kappa shape index (κ1) is 31.7. The van der Waals surface area contributed by atoms with Crippen molar-refractivity contribution in [3.05, 3.63) is 93.9 Å². The Labute approximate surface area is 255 Å². The van der Waals surface area contributed by atoms with Gasteiger partial charge in [-0.05, 0) is 80.7 Å². The lowest BCUT2D eigenvalue weighted by molar-refractivity contribution is -0.118. The molecule has 0 radical (unpaired) electrons. The van der Waals surface area contributed by atoms with Crippen LogP contribution in [0, 0.1) is 5.92 Å². The molecule has 0 bridgehead atoms. The van der Waals surface area contributed by atoms with Crippen molar-refractivity contribution in [1.82, 2.24) is 5.32 Å². The van der Waals surface area contributed by atoms with E-state index in [4.69, 9.17) is 9.41 Å². The number of allylic oxidation sites excluding steroid dienone is 5. The zero-order valence-corrected chi connectivity index (χ0v) is 26.3. The molecule has 7 heteroatoms. The highest BCUT2D eigenvalue weighted by molar-refractivity contribution is 6.04. The lowest BCUT2D eigenvalue weighted by Gasteiger charge is -2.27. The molecule has 0 saturated carbocycles. The van der Waals surface area contributed by atoms with Crippen molar-refractivity contribution in [2.24, 2.45) is 10.9 Å². The SMILES string of the molecule is C/C=C(/C=C(\C)C(=O)C(C)CC)C(\C)=N/C(=C/CC)Nc1ccc(-c2cccc3c(=O)cc(N4CCNCC4)oc23)cc1. The Kier molecular flexibility index (Phi) is 10.9. The van der Waals surface area contributed by atoms with Gasteiger partial charge >= 0.3 is 0 Å². The first-order valence-electron chi connectivity index (χ1n) is 15.3. The average molecular weight is 581 g/mol. The summed E-state index contributed by atoms with van der Waals surface area (Å²) in [6.07, 6.45) is 7.60. The molecule has 1 aliphatic rings. The summed E-state index contributed by atoms with van der Waals surface area (Å²) in [6.45, 7) is 15.2. The first-order valence-corrected chi connectivity index (χ1v) is 15.3. The molecule has 7 nitrogen and oxygen atoms in total. The van der Waals surface area contributed by atoms with Crippen LogP contribution in [0.1, 0.15) is 54.4 Å². The monoisotopic (exact) mass is 580 g/mol. The fourth-order valence-electron chi connectivity index (χ4n) is 5.15. The van der Waals surface area contributed by atoms with E-state index in [1.165, 1.54) is 0 Å². The molecule has 2 N–H and O–H groups in total. The normalized spacial score (nSPS) is 16.0. The molecule has 226 valence electrons. The van der Waals surface area contributed by atoms with E-state index in [9.17, 15) is 9.59 Å². The molecule has 2 aromatic carbocycles. The molecule has 3 aromatic rings. The van der Waals surface area contributed by atoms with Crippen molar-refractivity contribution in [1.29, 1.82) is 0 Å². The Balaban J connectivity index is 1.58. The summed E-state index contributed by atoms with van der Waals surface area (Å²) in [5.74, 6) is 1.53. The minimum absolute atomic E-state index is 0.00552. The lowest BCUT2D eigenvalue weighted by atomic mass is 9.96. The lowest BCUT2D eigenvalue weighted by Crippen LogP contribution is -2.43. The number of carbonyl (C=O) groups excluding carboxylic acids is 1. The van der Waals surface area contributed by atoms with Crippen molar-refractivity contribution in [2.75, 3.05) is 36.4 Å². The summed E-state index contributed by atoms with van der Waals surface area (Å²) in [5, 5.41) is 7.36. The van der Waals surface area contributed by atoms with Gasteiger partial charge in [-0.15, -0.1) is 0 Å². The summed E-state index contributed by atoms with van der Waals surface area (Å²) < 4.78 is 6.36. The van der Waals surface area contributed by atoms with E-state index in [0.717, 1.165) is 78.5 Å². The number of piperazine rings is 1. The number of nitrogens with zero attached hydrogens (tertiary/aromatic N) is 2. The summed E-state index contributed by atoms with van der Waals surface area (Å²) in [4.78, 5) is 32.6. The van der Waals surface area contributed by atoms with E-state index in [2.05, 4.69) is 22.5 Å². The molecule has 1 aromatic heterocycles. The van der Waals surface area contributed by atoms with Gasteiger partial charge in [0.1, 0.15) is 11.4 Å². The quantitative estimate of drug-likeness (QED) is 0.139. The molecule has 1 fully saturated rings. The number of hydrogen-bond acceptors (Lipinski definition) is 7. The van der Waals surface area contributed by atoms with Crippen molar-refractivity contribution in [3.8, 4) is 11.1 Å². The third kappa shape index (κ3) is 7.79. The van der Waals surface area contributed by atoms with Gasteiger partial charge in [0.25, 0.3) is 0 Å². The Morgan fingerprint density at radius 3 is 2.49 bits per heavy atom. The number of Topliss-reactive ketones (excluding diaryl/α,β-unsaturated/α-hetero) is 1. The molecule has 2 heterocycles. The van der Waals surface area contributed by atoms with Crippen LogP contribution in [0.2, 0.25) is 0 Å². The highest BCUT2D eigenvalue weighted by atomic mass is 16.4. The largest absolute Gasteiger partial charge is 0.440 e. The minimum Gasteiger partial charge on any atom is -0.440 e. The van der Waals surface area contributed by atoms with E-state index >= 15 is 0 Å². The predicted molar refractivity (Wildman–Crippen MR) is 180 cm³/mol. The number of rotatable bonds is 11. The number of para-hydroxylation sites is 1. The van der Waals surface area contributed by atoms with Crippen molar-refractivity contribution in [2.45, 2.75) is 54.4 Å². The molecule has 0 spiro atoms. The zero-order valence-electron chi connectivity index (χ0n) is 26.3. The maximum absolute atomic E-state index is 13.0. The van der Waals surface area contributed by atoms with Crippen LogP contribution in [-0.4, -0.2) is 37.7 Å². The Morgan fingerprint density at radius 1 is 1.12 bits per heavy atom. The van der Waals surface area contributed by atoms with Crippen LogP contribution in [0.3, 0.4) is 0 Å². The third-order valence-electron chi connectivity index (χ3n) is 7.87. The van der Waals surface area contributed by atoms with E-state index in [1.54, 1.807) is 6.07 Å². The second-order valence-corrected chi connectivity index (χ2v) is 11.0. The third-order valence-corrected chi connectivity index (χ3v) is 7.87. The zero-order chi connectivity index (χ0) is 30.9. The number of aliphatic imine (C=N–C) groups is 1. The van der Waals surface area contributed by atoms with Crippen molar-refractivity contribution < 1.29 is 9.21 Å². The van der Waals surface area contributed by atoms with Crippen LogP contribution in [0.5, 0.6) is 0 Å². The molecule has 1 saturated heterocycles. The standard InChI is InChI=1S/C36H44N4O3/c1-7-11-33(38-26(6)27(9-3)22-25(5)35(42)24(4)8-2)39-29-16-14-28(15-17-29)30-12-10-13-31-32(41)23-34(43-36(30)31)40-20-18-37-19-21-40/h9-17,22-24,37,39H,7-8,18-21H2,1-6H3/b25-22+,27-9-,33-11-,38-26-. The number of ketones is 1. The maximum atomic E-state index is 13.0. The van der Waals surface area contributed by atoms with Gasteiger partial charge in [0.15, 0.2) is 17.1 Å². The topological polar surface area (TPSA) is 86.9 Å². The van der Waals surface area contributed by atoms with E-state index < -0.39 is 0 Å². The van der Waals surface area contributed by atoms with Gasteiger partial charge in [-0.3, -0.25) is 9.59 Å². The highest BCUT2D eigenvalue weighted by Gasteiger charge is 2.17. The summed E-state index contributed by atoms with van der Waals surface area (Å²) in [7, 11) is 0. The number of fused-ring (bicyclic) bond motifs is 1. The van der Waals surface area contributed by atoms with E-state index in [0.29, 0.717) is 16.9 Å². The van der Waals surface area contributed by atoms with Gasteiger partial charge in [-0.25, -0.2) is 4.99 Å². The molecule has 1 aliphatic heterocycles. The number of anilines is 2. The second kappa shape index (κ2) is 14.8. The molecular weight excluding hydrogens is 536 g/mol. The van der Waals surface area contributed by atoms with Crippen molar-refractivity contribution >= 4 is 34.0 Å². The Hall–Kier alpha value is -4.23.